The van der Waals surface area contributed by atoms with Crippen molar-refractivity contribution in [2.75, 3.05) is 5.32 Å². The van der Waals surface area contributed by atoms with Crippen LogP contribution in [0.5, 0.6) is 0 Å². The van der Waals surface area contributed by atoms with E-state index in [9.17, 15) is 18.0 Å². The smallest absolute Gasteiger partial charge is 0.326 e. The van der Waals surface area contributed by atoms with Crippen molar-refractivity contribution in [1.82, 2.24) is 14.6 Å². The first-order chi connectivity index (χ1) is 14.3. The van der Waals surface area contributed by atoms with Gasteiger partial charge in [-0.05, 0) is 47.0 Å². The zero-order chi connectivity index (χ0) is 21.3. The lowest BCUT2D eigenvalue weighted by Crippen LogP contribution is -2.15. The van der Waals surface area contributed by atoms with Gasteiger partial charge in [0.15, 0.2) is 5.65 Å². The Morgan fingerprint density at radius 2 is 1.80 bits per heavy atom. The highest BCUT2D eigenvalue weighted by Crippen LogP contribution is 2.35. The second kappa shape index (κ2) is 7.79. The van der Waals surface area contributed by atoms with E-state index in [1.54, 1.807) is 4.52 Å². The molecule has 0 saturated heterocycles. The molecule has 1 N–H and O–H groups in total. The van der Waals surface area contributed by atoms with E-state index in [1.165, 1.54) is 12.4 Å². The zero-order valence-electron chi connectivity index (χ0n) is 15.3. The van der Waals surface area contributed by atoms with Crippen LogP contribution in [0.15, 0.2) is 67.1 Å². The largest absolute Gasteiger partial charge is 0.417 e. The third-order valence-corrected chi connectivity index (χ3v) is 4.80. The summed E-state index contributed by atoms with van der Waals surface area (Å²) in [7, 11) is 0. The molecule has 0 spiro atoms. The summed E-state index contributed by atoms with van der Waals surface area (Å²) in [6.07, 6.45) is -1.18. The lowest BCUT2D eigenvalue weighted by Gasteiger charge is -2.11. The van der Waals surface area contributed by atoms with E-state index in [0.717, 1.165) is 34.5 Å². The van der Waals surface area contributed by atoms with Crippen molar-refractivity contribution >= 4 is 28.8 Å². The first-order valence-corrected chi connectivity index (χ1v) is 9.23. The lowest BCUT2D eigenvalue weighted by atomic mass is 10.0. The number of benzene rings is 2. The molecule has 2 heterocycles. The molecule has 2 aromatic carbocycles. The molecule has 152 valence electrons. The molecule has 30 heavy (non-hydrogen) atoms. The normalized spacial score (nSPS) is 11.6. The fourth-order valence-corrected chi connectivity index (χ4v) is 3.31. The number of pyridine rings is 1. The second-order valence-corrected chi connectivity index (χ2v) is 7.00. The maximum Gasteiger partial charge on any atom is 0.417 e. The molecule has 0 aliphatic carbocycles. The Balaban J connectivity index is 1.43. The highest BCUT2D eigenvalue weighted by Gasteiger charge is 2.33. The monoisotopic (exact) mass is 430 g/mol. The van der Waals surface area contributed by atoms with Gasteiger partial charge < -0.3 is 5.32 Å². The standard InChI is InChI=1S/C21H14ClF3N4O/c22-18-11-16(5-6-17(18)21(23,24)25)28-20(30)9-13-1-3-14(4-2-13)15-7-8-29-19(10-15)26-12-27-29/h1-8,10-12H,9H2,(H,28,30). The molecule has 2 aromatic heterocycles. The van der Waals surface area contributed by atoms with E-state index in [2.05, 4.69) is 15.4 Å². The van der Waals surface area contributed by atoms with Gasteiger partial charge in [0.05, 0.1) is 17.0 Å². The van der Waals surface area contributed by atoms with Crippen LogP contribution in [-0.4, -0.2) is 20.5 Å². The predicted molar refractivity (Wildman–Crippen MR) is 107 cm³/mol. The van der Waals surface area contributed by atoms with Gasteiger partial charge in [-0.3, -0.25) is 4.79 Å². The van der Waals surface area contributed by atoms with Gasteiger partial charge in [0.2, 0.25) is 5.91 Å². The van der Waals surface area contributed by atoms with Gasteiger partial charge in [-0.2, -0.15) is 18.3 Å². The minimum atomic E-state index is -4.54. The van der Waals surface area contributed by atoms with Crippen molar-refractivity contribution in [3.05, 3.63) is 83.3 Å². The fraction of sp³-hybridized carbons (Fsp3) is 0.0952. The number of nitrogens with zero attached hydrogens (tertiary/aromatic N) is 3. The fourth-order valence-electron chi connectivity index (χ4n) is 3.02. The first kappa shape index (κ1) is 19.9. The topological polar surface area (TPSA) is 59.3 Å². The lowest BCUT2D eigenvalue weighted by molar-refractivity contribution is -0.137. The summed E-state index contributed by atoms with van der Waals surface area (Å²) in [5.41, 5.74) is 2.67. The SMILES string of the molecule is O=C(Cc1ccc(-c2ccn3ncnc3c2)cc1)Nc1ccc(C(F)(F)F)c(Cl)c1. The first-order valence-electron chi connectivity index (χ1n) is 8.85. The van der Waals surface area contributed by atoms with Crippen LogP contribution in [-0.2, 0) is 17.4 Å². The van der Waals surface area contributed by atoms with Gasteiger partial charge in [-0.15, -0.1) is 0 Å². The molecule has 1 amide bonds. The quantitative estimate of drug-likeness (QED) is 0.481. The average Bonchev–Trinajstić information content (AvgIpc) is 3.15. The zero-order valence-corrected chi connectivity index (χ0v) is 16.1. The maximum atomic E-state index is 12.8. The molecule has 5 nitrogen and oxygen atoms in total. The number of aromatic nitrogens is 3. The molecule has 0 radical (unpaired) electrons. The Hall–Kier alpha value is -3.39. The van der Waals surface area contributed by atoms with E-state index in [1.807, 2.05) is 42.6 Å². The summed E-state index contributed by atoms with van der Waals surface area (Å²) < 4.78 is 40.0. The number of hydrogen-bond acceptors (Lipinski definition) is 3. The second-order valence-electron chi connectivity index (χ2n) is 6.59. The number of fused-ring (bicyclic) bond motifs is 1. The number of halogens is 4. The highest BCUT2D eigenvalue weighted by atomic mass is 35.5. The molecular weight excluding hydrogens is 417 g/mol. The molecule has 0 aliphatic heterocycles. The van der Waals surface area contributed by atoms with Gasteiger partial charge in [0.1, 0.15) is 6.33 Å². The van der Waals surface area contributed by atoms with Crippen molar-refractivity contribution in [2.24, 2.45) is 0 Å². The molecule has 4 aromatic rings. The molecule has 0 atom stereocenters. The average molecular weight is 431 g/mol. The number of carbonyl (C=O) groups is 1. The summed E-state index contributed by atoms with van der Waals surface area (Å²) in [4.78, 5) is 16.4. The number of alkyl halides is 3. The third-order valence-electron chi connectivity index (χ3n) is 4.49. The van der Waals surface area contributed by atoms with Crippen LogP contribution in [0, 0.1) is 0 Å². The van der Waals surface area contributed by atoms with Gasteiger partial charge in [0, 0.05) is 11.9 Å². The van der Waals surface area contributed by atoms with Crippen LogP contribution >= 0.6 is 11.6 Å². The van der Waals surface area contributed by atoms with E-state index in [4.69, 9.17) is 11.6 Å². The van der Waals surface area contributed by atoms with Gasteiger partial charge in [0.25, 0.3) is 0 Å². The third kappa shape index (κ3) is 4.28. The maximum absolute atomic E-state index is 12.8. The summed E-state index contributed by atoms with van der Waals surface area (Å²) in [5.74, 6) is -0.358. The Morgan fingerprint density at radius 1 is 1.03 bits per heavy atom. The van der Waals surface area contributed by atoms with Crippen molar-refractivity contribution in [3.8, 4) is 11.1 Å². The van der Waals surface area contributed by atoms with Crippen LogP contribution in [0.3, 0.4) is 0 Å². The highest BCUT2D eigenvalue weighted by molar-refractivity contribution is 6.31. The van der Waals surface area contributed by atoms with Crippen molar-refractivity contribution < 1.29 is 18.0 Å². The molecule has 0 fully saturated rings. The van der Waals surface area contributed by atoms with Crippen LogP contribution in [0.25, 0.3) is 16.8 Å². The summed E-state index contributed by atoms with van der Waals surface area (Å²) >= 11 is 5.68. The molecule has 0 bridgehead atoms. The number of rotatable bonds is 4. The molecule has 0 aliphatic rings. The Kier molecular flexibility index (Phi) is 5.17. The predicted octanol–water partition coefficient (Wildman–Crippen LogP) is 5.25. The Bertz CT molecular complexity index is 1220. The summed E-state index contributed by atoms with van der Waals surface area (Å²) in [5, 5.41) is 6.16. The van der Waals surface area contributed by atoms with E-state index < -0.39 is 16.8 Å². The van der Waals surface area contributed by atoms with Crippen LogP contribution in [0.2, 0.25) is 5.02 Å². The summed E-state index contributed by atoms with van der Waals surface area (Å²) in [6.45, 7) is 0. The van der Waals surface area contributed by atoms with E-state index in [-0.39, 0.29) is 18.0 Å². The molecular formula is C21H14ClF3N4O. The molecule has 9 heteroatoms. The van der Waals surface area contributed by atoms with Gasteiger partial charge in [-0.1, -0.05) is 35.9 Å². The van der Waals surface area contributed by atoms with Gasteiger partial charge in [-0.25, -0.2) is 9.50 Å². The van der Waals surface area contributed by atoms with E-state index >= 15 is 0 Å². The van der Waals surface area contributed by atoms with Crippen molar-refractivity contribution in [2.45, 2.75) is 12.6 Å². The molecule has 0 unspecified atom stereocenters. The number of anilines is 1. The van der Waals surface area contributed by atoms with Crippen molar-refractivity contribution in [1.29, 1.82) is 0 Å². The van der Waals surface area contributed by atoms with Crippen LogP contribution in [0.4, 0.5) is 18.9 Å². The number of hydrogen-bond donors (Lipinski definition) is 1. The van der Waals surface area contributed by atoms with Crippen LogP contribution in [0.1, 0.15) is 11.1 Å². The Labute approximate surface area is 174 Å². The minimum Gasteiger partial charge on any atom is -0.326 e. The number of nitrogens with one attached hydrogen (secondary N) is 1. The van der Waals surface area contributed by atoms with Crippen molar-refractivity contribution in [3.63, 3.8) is 0 Å². The molecule has 0 saturated carbocycles. The number of carbonyl (C=O) groups excluding carboxylic acids is 1. The Morgan fingerprint density at radius 3 is 2.50 bits per heavy atom. The van der Waals surface area contributed by atoms with Crippen LogP contribution < -0.4 is 5.32 Å². The van der Waals surface area contributed by atoms with E-state index in [0.29, 0.717) is 0 Å². The number of amides is 1. The minimum absolute atomic E-state index is 0.0716. The molecule has 4 rings (SSSR count). The van der Waals surface area contributed by atoms with Gasteiger partial charge >= 0.3 is 6.18 Å². The summed E-state index contributed by atoms with van der Waals surface area (Å²) in [6, 6.07) is 14.4.